The third kappa shape index (κ3) is 2.96. The maximum Gasteiger partial charge on any atom is 0.256 e. The summed E-state index contributed by atoms with van der Waals surface area (Å²) < 4.78 is 40.8. The number of sulfonamides is 1. The topological polar surface area (TPSA) is 70.6 Å². The van der Waals surface area contributed by atoms with Crippen molar-refractivity contribution in [3.63, 3.8) is 0 Å². The fourth-order valence-corrected chi connectivity index (χ4v) is 6.97. The van der Waals surface area contributed by atoms with E-state index in [-0.39, 0.29) is 28.3 Å². The van der Waals surface area contributed by atoms with Crippen LogP contribution >= 0.6 is 0 Å². The molecule has 0 N–H and O–H groups in total. The maximum atomic E-state index is 14.0. The van der Waals surface area contributed by atoms with Crippen molar-refractivity contribution in [2.45, 2.75) is 49.6 Å². The fourth-order valence-electron chi connectivity index (χ4n) is 5.24. The number of pyridine rings is 1. The Hall–Kier alpha value is -2.32. The van der Waals surface area contributed by atoms with Crippen molar-refractivity contribution in [1.82, 2.24) is 14.2 Å². The standard InChI is InChI=1S/C22H24FN3O3S/c1-15-8-9-19-17(5-4-10-24-19)21(27)26(15)16-11-22(12-16)13-25(14-22)30(28,29)20-7-3-2-6-18(20)23/h2-7,10,15-16H,8-9,11-14H2,1H3. The Morgan fingerprint density at radius 3 is 2.60 bits per heavy atom. The molecule has 1 saturated heterocycles. The highest BCUT2D eigenvalue weighted by molar-refractivity contribution is 7.89. The molecule has 1 amide bonds. The first kappa shape index (κ1) is 19.6. The van der Waals surface area contributed by atoms with E-state index in [4.69, 9.17) is 0 Å². The molecule has 1 spiro atoms. The molecule has 8 heteroatoms. The number of halogens is 1. The van der Waals surface area contributed by atoms with Crippen molar-refractivity contribution in [1.29, 1.82) is 0 Å². The minimum Gasteiger partial charge on any atom is -0.333 e. The van der Waals surface area contributed by atoms with Crippen LogP contribution in [0.2, 0.25) is 0 Å². The van der Waals surface area contributed by atoms with E-state index < -0.39 is 15.8 Å². The molecule has 2 aromatic rings. The first-order valence-electron chi connectivity index (χ1n) is 10.3. The molecule has 0 radical (unpaired) electrons. The van der Waals surface area contributed by atoms with Gasteiger partial charge in [-0.15, -0.1) is 0 Å². The number of rotatable bonds is 3. The van der Waals surface area contributed by atoms with Crippen LogP contribution in [0.1, 0.15) is 42.2 Å². The van der Waals surface area contributed by atoms with Gasteiger partial charge in [0.15, 0.2) is 0 Å². The molecule has 5 rings (SSSR count). The van der Waals surface area contributed by atoms with Crippen LogP contribution in [-0.2, 0) is 16.4 Å². The predicted molar refractivity (Wildman–Crippen MR) is 109 cm³/mol. The van der Waals surface area contributed by atoms with E-state index in [0.717, 1.165) is 31.4 Å². The van der Waals surface area contributed by atoms with E-state index in [1.165, 1.54) is 28.6 Å². The number of aromatic nitrogens is 1. The summed E-state index contributed by atoms with van der Waals surface area (Å²) >= 11 is 0. The zero-order valence-corrected chi connectivity index (χ0v) is 17.6. The number of hydrogen-bond acceptors (Lipinski definition) is 4. The summed E-state index contributed by atoms with van der Waals surface area (Å²) in [5.74, 6) is -0.695. The molecule has 1 unspecified atom stereocenters. The molecule has 1 aromatic heterocycles. The van der Waals surface area contributed by atoms with E-state index >= 15 is 0 Å². The molecule has 6 nitrogen and oxygen atoms in total. The van der Waals surface area contributed by atoms with Crippen LogP contribution in [-0.4, -0.2) is 53.7 Å². The van der Waals surface area contributed by atoms with Crippen molar-refractivity contribution < 1.29 is 17.6 Å². The van der Waals surface area contributed by atoms with Crippen LogP contribution in [0.15, 0.2) is 47.5 Å². The molecule has 2 fully saturated rings. The predicted octanol–water partition coefficient (Wildman–Crippen LogP) is 2.85. The molecule has 1 atom stereocenters. The Morgan fingerprint density at radius 2 is 1.87 bits per heavy atom. The minimum atomic E-state index is -3.82. The van der Waals surface area contributed by atoms with Crippen molar-refractivity contribution in [2.24, 2.45) is 5.41 Å². The Kier molecular flexibility index (Phi) is 4.48. The maximum absolute atomic E-state index is 14.0. The Labute approximate surface area is 175 Å². The summed E-state index contributed by atoms with van der Waals surface area (Å²) in [6, 6.07) is 9.35. The smallest absolute Gasteiger partial charge is 0.256 e. The van der Waals surface area contributed by atoms with Crippen LogP contribution in [0.5, 0.6) is 0 Å². The van der Waals surface area contributed by atoms with Crippen molar-refractivity contribution in [3.05, 3.63) is 59.7 Å². The Balaban J connectivity index is 1.28. The van der Waals surface area contributed by atoms with Gasteiger partial charge in [0.2, 0.25) is 10.0 Å². The summed E-state index contributed by atoms with van der Waals surface area (Å²) in [7, 11) is -3.82. The lowest BCUT2D eigenvalue weighted by Crippen LogP contribution is -2.68. The van der Waals surface area contributed by atoms with Crippen LogP contribution in [0.3, 0.4) is 0 Å². The number of hydrogen-bond donors (Lipinski definition) is 0. The van der Waals surface area contributed by atoms with E-state index in [0.29, 0.717) is 18.7 Å². The number of carbonyl (C=O) groups excluding carboxylic acids is 1. The number of fused-ring (bicyclic) bond motifs is 1. The average molecular weight is 430 g/mol. The van der Waals surface area contributed by atoms with Gasteiger partial charge in [-0.25, -0.2) is 12.8 Å². The van der Waals surface area contributed by atoms with E-state index in [2.05, 4.69) is 11.9 Å². The van der Waals surface area contributed by atoms with Crippen LogP contribution in [0.25, 0.3) is 0 Å². The van der Waals surface area contributed by atoms with Gasteiger partial charge in [0.25, 0.3) is 5.91 Å². The molecule has 30 heavy (non-hydrogen) atoms. The van der Waals surface area contributed by atoms with Crippen molar-refractivity contribution in [2.75, 3.05) is 13.1 Å². The number of carbonyl (C=O) groups is 1. The van der Waals surface area contributed by atoms with E-state index in [1.54, 1.807) is 12.3 Å². The minimum absolute atomic E-state index is 0.0260. The summed E-state index contributed by atoms with van der Waals surface area (Å²) in [5, 5.41) is 0. The Bertz CT molecular complexity index is 1110. The highest BCUT2D eigenvalue weighted by Crippen LogP contribution is 2.52. The molecular formula is C22H24FN3O3S. The summed E-state index contributed by atoms with van der Waals surface area (Å²) in [5.41, 5.74) is 1.43. The first-order chi connectivity index (χ1) is 14.3. The van der Waals surface area contributed by atoms with Gasteiger partial charge in [0, 0.05) is 36.8 Å². The summed E-state index contributed by atoms with van der Waals surface area (Å²) in [6.07, 6.45) is 4.94. The van der Waals surface area contributed by atoms with E-state index in [1.807, 2.05) is 11.0 Å². The fraction of sp³-hybridized carbons (Fsp3) is 0.455. The second kappa shape index (κ2) is 6.85. The lowest BCUT2D eigenvalue weighted by molar-refractivity contribution is -0.0740. The average Bonchev–Trinajstić information content (AvgIpc) is 2.78. The third-order valence-corrected chi connectivity index (χ3v) is 8.66. The normalized spacial score (nSPS) is 24.1. The second-order valence-corrected chi connectivity index (χ2v) is 10.8. The zero-order chi connectivity index (χ0) is 21.1. The molecule has 2 aliphatic heterocycles. The van der Waals surface area contributed by atoms with Gasteiger partial charge in [-0.05, 0) is 56.9 Å². The molecule has 0 bridgehead atoms. The monoisotopic (exact) mass is 429 g/mol. The molecule has 158 valence electrons. The SMILES string of the molecule is CC1CCc2ncccc2C(=O)N1C1CC2(C1)CN(S(=O)(=O)c1ccccc1F)C2. The number of benzene rings is 1. The highest BCUT2D eigenvalue weighted by Gasteiger charge is 2.58. The summed E-state index contributed by atoms with van der Waals surface area (Å²) in [4.78, 5) is 19.3. The van der Waals surface area contributed by atoms with Gasteiger partial charge in [-0.2, -0.15) is 4.31 Å². The van der Waals surface area contributed by atoms with Gasteiger partial charge in [0.05, 0.1) is 11.3 Å². The van der Waals surface area contributed by atoms with Crippen LogP contribution < -0.4 is 0 Å². The van der Waals surface area contributed by atoms with Crippen molar-refractivity contribution in [3.8, 4) is 0 Å². The number of aryl methyl sites for hydroxylation is 1. The van der Waals surface area contributed by atoms with Gasteiger partial charge < -0.3 is 4.90 Å². The first-order valence-corrected chi connectivity index (χ1v) is 11.8. The number of amides is 1. The lowest BCUT2D eigenvalue weighted by atomic mass is 9.61. The highest BCUT2D eigenvalue weighted by atomic mass is 32.2. The van der Waals surface area contributed by atoms with Crippen LogP contribution in [0.4, 0.5) is 4.39 Å². The molecule has 1 aromatic carbocycles. The molecule has 3 aliphatic rings. The van der Waals surface area contributed by atoms with Gasteiger partial charge >= 0.3 is 0 Å². The zero-order valence-electron chi connectivity index (χ0n) is 16.8. The van der Waals surface area contributed by atoms with Crippen LogP contribution in [0, 0.1) is 11.2 Å². The molecule has 1 saturated carbocycles. The largest absolute Gasteiger partial charge is 0.333 e. The molecular weight excluding hydrogens is 405 g/mol. The summed E-state index contributed by atoms with van der Waals surface area (Å²) in [6.45, 7) is 2.84. The quantitative estimate of drug-likeness (QED) is 0.752. The second-order valence-electron chi connectivity index (χ2n) is 8.86. The molecule has 3 heterocycles. The van der Waals surface area contributed by atoms with Gasteiger partial charge in [0.1, 0.15) is 10.7 Å². The van der Waals surface area contributed by atoms with E-state index in [9.17, 15) is 17.6 Å². The van der Waals surface area contributed by atoms with Crippen molar-refractivity contribution >= 4 is 15.9 Å². The third-order valence-electron chi connectivity index (χ3n) is 6.84. The Morgan fingerprint density at radius 1 is 1.13 bits per heavy atom. The number of nitrogens with zero attached hydrogens (tertiary/aromatic N) is 3. The van der Waals surface area contributed by atoms with Gasteiger partial charge in [-0.1, -0.05) is 12.1 Å². The van der Waals surface area contributed by atoms with Gasteiger partial charge in [-0.3, -0.25) is 9.78 Å². The lowest BCUT2D eigenvalue weighted by Gasteiger charge is -2.60. The molecule has 1 aliphatic carbocycles.